The van der Waals surface area contributed by atoms with E-state index in [4.69, 9.17) is 0 Å². The zero-order valence-electron chi connectivity index (χ0n) is 10.1. The summed E-state index contributed by atoms with van der Waals surface area (Å²) >= 11 is 0. The van der Waals surface area contributed by atoms with Gasteiger partial charge in [0.15, 0.2) is 0 Å². The fourth-order valence-corrected chi connectivity index (χ4v) is 3.35. The zero-order valence-corrected chi connectivity index (χ0v) is 10.1. The highest BCUT2D eigenvalue weighted by molar-refractivity contribution is 5.76. The number of rotatable bonds is 0. The van der Waals surface area contributed by atoms with E-state index in [0.717, 1.165) is 18.5 Å². The molecule has 0 unspecified atom stereocenters. The molecule has 18 heavy (non-hydrogen) atoms. The van der Waals surface area contributed by atoms with Crippen molar-refractivity contribution in [1.82, 2.24) is 5.32 Å². The molecule has 2 nitrogen and oxygen atoms in total. The van der Waals surface area contributed by atoms with Crippen LogP contribution >= 0.6 is 0 Å². The fraction of sp³-hybridized carbons (Fsp3) is 0.250. The predicted molar refractivity (Wildman–Crippen MR) is 71.3 cm³/mol. The van der Waals surface area contributed by atoms with Crippen molar-refractivity contribution >= 4 is 0 Å². The number of benzene rings is 2. The smallest absolute Gasteiger partial charge is 0.0991 e. The number of hydrogen-bond donors (Lipinski definition) is 2. The maximum atomic E-state index is 10.6. The Hall–Kier alpha value is -1.64. The molecule has 1 heterocycles. The Morgan fingerprint density at radius 1 is 1.00 bits per heavy atom. The third kappa shape index (κ3) is 1.25. The van der Waals surface area contributed by atoms with E-state index < -0.39 is 6.10 Å². The summed E-state index contributed by atoms with van der Waals surface area (Å²) in [6.45, 7) is 0.945. The van der Waals surface area contributed by atoms with E-state index in [0.29, 0.717) is 0 Å². The summed E-state index contributed by atoms with van der Waals surface area (Å²) in [5.41, 5.74) is 6.19. The van der Waals surface area contributed by atoms with Gasteiger partial charge in [0.1, 0.15) is 0 Å². The molecule has 90 valence electrons. The molecule has 0 spiro atoms. The van der Waals surface area contributed by atoms with Crippen LogP contribution < -0.4 is 5.32 Å². The quantitative estimate of drug-likeness (QED) is 0.738. The highest BCUT2D eigenvalue weighted by Gasteiger charge is 2.35. The van der Waals surface area contributed by atoms with Crippen LogP contribution in [0, 0.1) is 0 Å². The summed E-state index contributed by atoms with van der Waals surface area (Å²) < 4.78 is 0. The number of aliphatic hydroxyl groups is 1. The standard InChI is InChI=1S/C16H15NO/c18-16-13-6-2-1-5-11(13)12-7-3-4-10-8-9-17-15(16)14(10)12/h1-7,15-18H,8-9H2/t15-,16+/m0/s1. The van der Waals surface area contributed by atoms with E-state index in [-0.39, 0.29) is 6.04 Å². The molecule has 2 aromatic rings. The molecule has 4 rings (SSSR count). The van der Waals surface area contributed by atoms with Crippen molar-refractivity contribution in [2.75, 3.05) is 6.54 Å². The minimum Gasteiger partial charge on any atom is -0.386 e. The first-order chi connectivity index (χ1) is 8.86. The fourth-order valence-electron chi connectivity index (χ4n) is 3.35. The molecule has 2 aliphatic rings. The van der Waals surface area contributed by atoms with Crippen LogP contribution in [0.15, 0.2) is 42.5 Å². The van der Waals surface area contributed by atoms with Gasteiger partial charge in [0.05, 0.1) is 12.1 Å². The van der Waals surface area contributed by atoms with Gasteiger partial charge in [0.2, 0.25) is 0 Å². The molecule has 0 aromatic heterocycles. The van der Waals surface area contributed by atoms with E-state index in [1.807, 2.05) is 18.2 Å². The molecule has 0 bridgehead atoms. The van der Waals surface area contributed by atoms with Gasteiger partial charge >= 0.3 is 0 Å². The van der Waals surface area contributed by atoms with Crippen LogP contribution in [-0.2, 0) is 6.42 Å². The van der Waals surface area contributed by atoms with E-state index in [9.17, 15) is 5.11 Å². The van der Waals surface area contributed by atoms with Crippen molar-refractivity contribution in [1.29, 1.82) is 0 Å². The molecule has 0 radical (unpaired) electrons. The van der Waals surface area contributed by atoms with Gasteiger partial charge in [0.25, 0.3) is 0 Å². The van der Waals surface area contributed by atoms with Gasteiger partial charge in [-0.3, -0.25) is 0 Å². The highest BCUT2D eigenvalue weighted by Crippen LogP contribution is 2.46. The lowest BCUT2D eigenvalue weighted by Gasteiger charge is -2.37. The SMILES string of the molecule is O[C@@H]1c2ccccc2-c2cccc3c2[C@@H]1NCC3. The Morgan fingerprint density at radius 2 is 1.83 bits per heavy atom. The van der Waals surface area contributed by atoms with Gasteiger partial charge in [-0.15, -0.1) is 0 Å². The Kier molecular flexibility index (Phi) is 2.10. The van der Waals surface area contributed by atoms with Crippen molar-refractivity contribution < 1.29 is 5.11 Å². The molecule has 0 fully saturated rings. The van der Waals surface area contributed by atoms with E-state index in [1.54, 1.807) is 0 Å². The largest absolute Gasteiger partial charge is 0.386 e. The van der Waals surface area contributed by atoms with Crippen LogP contribution in [0.1, 0.15) is 28.8 Å². The molecule has 2 aromatic carbocycles. The van der Waals surface area contributed by atoms with Gasteiger partial charge in [0, 0.05) is 0 Å². The van der Waals surface area contributed by atoms with Crippen LogP contribution in [0.4, 0.5) is 0 Å². The van der Waals surface area contributed by atoms with E-state index in [1.165, 1.54) is 22.3 Å². The highest BCUT2D eigenvalue weighted by atomic mass is 16.3. The van der Waals surface area contributed by atoms with E-state index >= 15 is 0 Å². The molecule has 2 heteroatoms. The molecule has 1 aliphatic carbocycles. The van der Waals surface area contributed by atoms with Crippen LogP contribution in [0.3, 0.4) is 0 Å². The molecule has 0 saturated heterocycles. The first-order valence-electron chi connectivity index (χ1n) is 6.49. The Bertz CT molecular complexity index is 620. The molecular formula is C16H15NO. The molecule has 2 atom stereocenters. The van der Waals surface area contributed by atoms with Crippen molar-refractivity contribution in [3.8, 4) is 11.1 Å². The maximum Gasteiger partial charge on any atom is 0.0991 e. The second-order valence-electron chi connectivity index (χ2n) is 5.09. The second kappa shape index (κ2) is 3.67. The van der Waals surface area contributed by atoms with Gasteiger partial charge in [-0.25, -0.2) is 0 Å². The van der Waals surface area contributed by atoms with E-state index in [2.05, 4.69) is 29.6 Å². The van der Waals surface area contributed by atoms with Crippen LogP contribution in [0.25, 0.3) is 11.1 Å². The third-order valence-corrected chi connectivity index (χ3v) is 4.15. The lowest BCUT2D eigenvalue weighted by molar-refractivity contribution is 0.124. The van der Waals surface area contributed by atoms with Crippen molar-refractivity contribution in [2.24, 2.45) is 0 Å². The van der Waals surface area contributed by atoms with Gasteiger partial charge in [-0.05, 0) is 40.8 Å². The minimum atomic E-state index is -0.435. The summed E-state index contributed by atoms with van der Waals surface area (Å²) in [6.07, 6.45) is 0.615. The first-order valence-corrected chi connectivity index (χ1v) is 6.49. The molecule has 0 saturated carbocycles. The molecule has 1 aliphatic heterocycles. The van der Waals surface area contributed by atoms with Crippen molar-refractivity contribution in [3.05, 3.63) is 59.2 Å². The number of hydrogen-bond acceptors (Lipinski definition) is 2. The van der Waals surface area contributed by atoms with Crippen molar-refractivity contribution in [2.45, 2.75) is 18.6 Å². The second-order valence-corrected chi connectivity index (χ2v) is 5.09. The number of fused-ring (bicyclic) bond motifs is 2. The zero-order chi connectivity index (χ0) is 12.1. The minimum absolute atomic E-state index is 0.0554. The number of aliphatic hydroxyl groups excluding tert-OH is 1. The summed E-state index contributed by atoms with van der Waals surface area (Å²) in [4.78, 5) is 0. The molecular weight excluding hydrogens is 222 g/mol. The lowest BCUT2D eigenvalue weighted by atomic mass is 9.76. The normalized spacial score (nSPS) is 24.3. The maximum absolute atomic E-state index is 10.6. The Labute approximate surface area is 106 Å². The van der Waals surface area contributed by atoms with Crippen LogP contribution in [0.5, 0.6) is 0 Å². The predicted octanol–water partition coefficient (Wildman–Crippen LogP) is 2.59. The summed E-state index contributed by atoms with van der Waals surface area (Å²) in [7, 11) is 0. The van der Waals surface area contributed by atoms with Gasteiger partial charge in [-0.2, -0.15) is 0 Å². The average Bonchev–Trinajstić information content (AvgIpc) is 2.44. The summed E-state index contributed by atoms with van der Waals surface area (Å²) in [5.74, 6) is 0. The van der Waals surface area contributed by atoms with Gasteiger partial charge in [-0.1, -0.05) is 42.5 Å². The summed E-state index contributed by atoms with van der Waals surface area (Å²) in [6, 6.07) is 14.7. The Balaban J connectivity index is 2.07. The molecule has 0 amide bonds. The molecule has 2 N–H and O–H groups in total. The van der Waals surface area contributed by atoms with Gasteiger partial charge < -0.3 is 10.4 Å². The summed E-state index contributed by atoms with van der Waals surface area (Å²) in [5, 5.41) is 14.0. The Morgan fingerprint density at radius 3 is 2.78 bits per heavy atom. The first kappa shape index (κ1) is 10.3. The number of nitrogens with one attached hydrogen (secondary N) is 1. The van der Waals surface area contributed by atoms with Crippen LogP contribution in [-0.4, -0.2) is 11.7 Å². The lowest BCUT2D eigenvalue weighted by Crippen LogP contribution is -2.36. The average molecular weight is 237 g/mol. The third-order valence-electron chi connectivity index (χ3n) is 4.15. The van der Waals surface area contributed by atoms with Crippen LogP contribution in [0.2, 0.25) is 0 Å². The monoisotopic (exact) mass is 237 g/mol. The van der Waals surface area contributed by atoms with Crippen molar-refractivity contribution in [3.63, 3.8) is 0 Å². The topological polar surface area (TPSA) is 32.3 Å².